The van der Waals surface area contributed by atoms with Crippen LogP contribution in [-0.4, -0.2) is 32.6 Å². The number of rotatable bonds is 8. The fourth-order valence-corrected chi connectivity index (χ4v) is 1.93. The Balaban J connectivity index is 2.26. The van der Waals surface area contributed by atoms with E-state index in [2.05, 4.69) is 19.2 Å². The van der Waals surface area contributed by atoms with E-state index in [9.17, 15) is 0 Å². The Bertz CT molecular complexity index is 283. The average molecular weight is 241 g/mol. The number of ether oxygens (including phenoxy) is 2. The molecule has 0 aliphatic heterocycles. The van der Waals surface area contributed by atoms with Gasteiger partial charge in [-0.2, -0.15) is 0 Å². The van der Waals surface area contributed by atoms with Crippen LogP contribution >= 0.6 is 0 Å². The molecule has 98 valence electrons. The summed E-state index contributed by atoms with van der Waals surface area (Å²) in [5.74, 6) is 1.03. The normalized spacial score (nSPS) is 15.1. The molecule has 0 amide bonds. The largest absolute Gasteiger partial charge is 0.469 e. The summed E-state index contributed by atoms with van der Waals surface area (Å²) in [6.45, 7) is 4.21. The van der Waals surface area contributed by atoms with Crippen molar-refractivity contribution >= 4 is 0 Å². The second kappa shape index (κ2) is 7.48. The molecule has 1 N–H and O–H groups in total. The first-order valence-corrected chi connectivity index (χ1v) is 6.01. The van der Waals surface area contributed by atoms with Crippen molar-refractivity contribution in [1.82, 2.24) is 5.32 Å². The van der Waals surface area contributed by atoms with Crippen LogP contribution in [0.2, 0.25) is 0 Å². The molecule has 0 spiro atoms. The first-order chi connectivity index (χ1) is 8.17. The Morgan fingerprint density at radius 2 is 2.00 bits per heavy atom. The summed E-state index contributed by atoms with van der Waals surface area (Å²) < 4.78 is 15.7. The summed E-state index contributed by atoms with van der Waals surface area (Å²) in [5, 5.41) is 3.45. The molecule has 0 saturated carbocycles. The monoisotopic (exact) mass is 241 g/mol. The third-order valence-corrected chi connectivity index (χ3v) is 2.82. The first kappa shape index (κ1) is 14.2. The Labute approximate surface area is 103 Å². The Kier molecular flexibility index (Phi) is 6.26. The van der Waals surface area contributed by atoms with E-state index >= 15 is 0 Å². The van der Waals surface area contributed by atoms with Gasteiger partial charge >= 0.3 is 0 Å². The lowest BCUT2D eigenvalue weighted by Gasteiger charge is -2.25. The maximum Gasteiger partial charge on any atom is 0.171 e. The molecule has 2 atom stereocenters. The highest BCUT2D eigenvalue weighted by Gasteiger charge is 2.17. The Morgan fingerprint density at radius 3 is 2.53 bits per heavy atom. The molecule has 17 heavy (non-hydrogen) atoms. The Morgan fingerprint density at radius 1 is 1.29 bits per heavy atom. The lowest BCUT2D eigenvalue weighted by Crippen LogP contribution is -2.44. The minimum atomic E-state index is -0.207. The molecule has 1 rings (SSSR count). The van der Waals surface area contributed by atoms with Gasteiger partial charge in [-0.1, -0.05) is 0 Å². The summed E-state index contributed by atoms with van der Waals surface area (Å²) in [5.41, 5.74) is 0. The van der Waals surface area contributed by atoms with Crippen LogP contribution in [0.25, 0.3) is 0 Å². The van der Waals surface area contributed by atoms with E-state index in [0.29, 0.717) is 6.04 Å². The predicted molar refractivity (Wildman–Crippen MR) is 66.9 cm³/mol. The van der Waals surface area contributed by atoms with Crippen LogP contribution < -0.4 is 5.32 Å². The second-order valence-electron chi connectivity index (χ2n) is 4.31. The summed E-state index contributed by atoms with van der Waals surface area (Å²) in [6, 6.07) is 4.48. The zero-order valence-corrected chi connectivity index (χ0v) is 11.1. The molecule has 1 aromatic rings. The van der Waals surface area contributed by atoms with Crippen molar-refractivity contribution < 1.29 is 13.9 Å². The fourth-order valence-electron chi connectivity index (χ4n) is 1.93. The van der Waals surface area contributed by atoms with Crippen molar-refractivity contribution in [2.45, 2.75) is 45.1 Å². The highest BCUT2D eigenvalue weighted by Crippen LogP contribution is 2.07. The van der Waals surface area contributed by atoms with E-state index in [1.165, 1.54) is 0 Å². The van der Waals surface area contributed by atoms with Crippen molar-refractivity contribution in [3.63, 3.8) is 0 Å². The van der Waals surface area contributed by atoms with E-state index in [0.717, 1.165) is 18.6 Å². The van der Waals surface area contributed by atoms with Crippen molar-refractivity contribution in [1.29, 1.82) is 0 Å². The van der Waals surface area contributed by atoms with Crippen LogP contribution in [0.15, 0.2) is 22.8 Å². The average Bonchev–Trinajstić information content (AvgIpc) is 2.81. The number of methoxy groups -OCH3 is 2. The first-order valence-electron chi connectivity index (χ1n) is 6.01. The molecule has 4 heteroatoms. The van der Waals surface area contributed by atoms with Crippen LogP contribution in [0.1, 0.15) is 26.0 Å². The van der Waals surface area contributed by atoms with Crippen LogP contribution in [0.3, 0.4) is 0 Å². The topological polar surface area (TPSA) is 43.6 Å². The zero-order valence-electron chi connectivity index (χ0n) is 11.1. The quantitative estimate of drug-likeness (QED) is 0.709. The molecular weight excluding hydrogens is 218 g/mol. The maximum atomic E-state index is 5.30. The van der Waals surface area contributed by atoms with E-state index < -0.39 is 0 Å². The van der Waals surface area contributed by atoms with Crippen LogP contribution in [-0.2, 0) is 15.9 Å². The molecule has 0 aromatic carbocycles. The highest BCUT2D eigenvalue weighted by atomic mass is 16.7. The predicted octanol–water partition coefficient (Wildman–Crippen LogP) is 2.20. The van der Waals surface area contributed by atoms with Gasteiger partial charge in [-0.3, -0.25) is 0 Å². The van der Waals surface area contributed by atoms with Gasteiger partial charge in [0.25, 0.3) is 0 Å². The third-order valence-electron chi connectivity index (χ3n) is 2.82. The Hall–Kier alpha value is -0.840. The van der Waals surface area contributed by atoms with E-state index in [4.69, 9.17) is 13.9 Å². The van der Waals surface area contributed by atoms with Gasteiger partial charge in [-0.05, 0) is 32.4 Å². The lowest BCUT2D eigenvalue weighted by atomic mass is 10.1. The maximum absolute atomic E-state index is 5.30. The van der Waals surface area contributed by atoms with E-state index in [1.54, 1.807) is 20.5 Å². The second-order valence-corrected chi connectivity index (χ2v) is 4.31. The number of furan rings is 1. The molecule has 0 aliphatic carbocycles. The SMILES string of the molecule is COC(OC)C(C)NC(C)CCc1ccco1. The van der Waals surface area contributed by atoms with Gasteiger partial charge in [-0.15, -0.1) is 0 Å². The molecule has 0 bridgehead atoms. The molecule has 0 aliphatic rings. The van der Waals surface area contributed by atoms with Crippen molar-refractivity contribution in [2.75, 3.05) is 14.2 Å². The fraction of sp³-hybridized carbons (Fsp3) is 0.692. The van der Waals surface area contributed by atoms with Gasteiger partial charge in [0.05, 0.1) is 12.3 Å². The minimum Gasteiger partial charge on any atom is -0.469 e. The molecule has 0 radical (unpaired) electrons. The molecule has 1 heterocycles. The smallest absolute Gasteiger partial charge is 0.171 e. The molecule has 2 unspecified atom stereocenters. The molecule has 4 nitrogen and oxygen atoms in total. The van der Waals surface area contributed by atoms with Gasteiger partial charge in [0.1, 0.15) is 5.76 Å². The standard InChI is InChI=1S/C13H23NO3/c1-10(7-8-12-6-5-9-17-12)14-11(2)13(15-3)16-4/h5-6,9-11,13-14H,7-8H2,1-4H3. The van der Waals surface area contributed by atoms with Gasteiger partial charge in [0, 0.05) is 26.7 Å². The minimum absolute atomic E-state index is 0.164. The summed E-state index contributed by atoms with van der Waals surface area (Å²) >= 11 is 0. The van der Waals surface area contributed by atoms with E-state index in [-0.39, 0.29) is 12.3 Å². The number of nitrogens with one attached hydrogen (secondary N) is 1. The molecule has 0 saturated heterocycles. The van der Waals surface area contributed by atoms with Gasteiger partial charge in [0.2, 0.25) is 0 Å². The summed E-state index contributed by atoms with van der Waals surface area (Å²) in [6.07, 6.45) is 3.47. The number of aryl methyl sites for hydroxylation is 1. The van der Waals surface area contributed by atoms with Gasteiger partial charge in [0.15, 0.2) is 6.29 Å². The summed E-state index contributed by atoms with van der Waals surface area (Å²) in [7, 11) is 3.31. The lowest BCUT2D eigenvalue weighted by molar-refractivity contribution is -0.120. The number of hydrogen-bond donors (Lipinski definition) is 1. The van der Waals surface area contributed by atoms with Gasteiger partial charge < -0.3 is 19.2 Å². The van der Waals surface area contributed by atoms with Crippen molar-refractivity contribution in [2.24, 2.45) is 0 Å². The molecule has 1 aromatic heterocycles. The van der Waals surface area contributed by atoms with Crippen molar-refractivity contribution in [3.05, 3.63) is 24.2 Å². The zero-order chi connectivity index (χ0) is 12.7. The van der Waals surface area contributed by atoms with Crippen LogP contribution in [0.5, 0.6) is 0 Å². The molecule has 0 fully saturated rings. The van der Waals surface area contributed by atoms with Crippen LogP contribution in [0, 0.1) is 0 Å². The van der Waals surface area contributed by atoms with Crippen LogP contribution in [0.4, 0.5) is 0 Å². The third kappa shape index (κ3) is 4.89. The van der Waals surface area contributed by atoms with Gasteiger partial charge in [-0.25, -0.2) is 0 Å². The number of hydrogen-bond acceptors (Lipinski definition) is 4. The highest BCUT2D eigenvalue weighted by molar-refractivity contribution is 4.98. The van der Waals surface area contributed by atoms with E-state index in [1.807, 2.05) is 12.1 Å². The molecular formula is C13H23NO3. The van der Waals surface area contributed by atoms with Crippen molar-refractivity contribution in [3.8, 4) is 0 Å². The summed E-state index contributed by atoms with van der Waals surface area (Å²) in [4.78, 5) is 0.